The van der Waals surface area contributed by atoms with Crippen molar-refractivity contribution < 1.29 is 14.0 Å². The molecule has 1 unspecified atom stereocenters. The van der Waals surface area contributed by atoms with Gasteiger partial charge < -0.3 is 11.1 Å². The molecule has 3 N–H and O–H groups in total. The first kappa shape index (κ1) is 21.5. The number of hydrogen-bond donors (Lipinski definition) is 2. The fraction of sp³-hybridized carbons (Fsp3) is 0.208. The Morgan fingerprint density at radius 1 is 1.26 bits per heavy atom. The van der Waals surface area contributed by atoms with Crippen molar-refractivity contribution in [3.8, 4) is 0 Å². The van der Waals surface area contributed by atoms with Crippen molar-refractivity contribution in [2.45, 2.75) is 32.4 Å². The van der Waals surface area contributed by atoms with Gasteiger partial charge in [-0.2, -0.15) is 0 Å². The van der Waals surface area contributed by atoms with Gasteiger partial charge in [0.1, 0.15) is 17.2 Å². The minimum absolute atomic E-state index is 0.0405. The number of nitrogens with one attached hydrogen (secondary N) is 1. The van der Waals surface area contributed by atoms with Crippen LogP contribution in [0, 0.1) is 0 Å². The summed E-state index contributed by atoms with van der Waals surface area (Å²) in [5.41, 5.74) is 7.62. The number of carbonyl (C=O) groups is 2. The van der Waals surface area contributed by atoms with E-state index >= 15 is 0 Å². The second-order valence-corrected chi connectivity index (χ2v) is 8.15. The maximum atomic E-state index is 14.3. The van der Waals surface area contributed by atoms with E-state index < -0.39 is 23.8 Å². The predicted octanol–water partition coefficient (Wildman–Crippen LogP) is 2.82. The van der Waals surface area contributed by atoms with E-state index in [9.17, 15) is 14.0 Å². The zero-order valence-corrected chi connectivity index (χ0v) is 18.6. The molecule has 2 aromatic heterocycles. The molecule has 3 aromatic rings. The van der Waals surface area contributed by atoms with Gasteiger partial charge in [-0.3, -0.25) is 19.5 Å². The number of allylic oxidation sites excluding steroid dienone is 2. The summed E-state index contributed by atoms with van der Waals surface area (Å²) >= 11 is 0. The molecule has 10 heteroatoms. The minimum Gasteiger partial charge on any atom is -0.381 e. The lowest BCUT2D eigenvalue weighted by Gasteiger charge is -2.37. The van der Waals surface area contributed by atoms with E-state index in [2.05, 4.69) is 15.4 Å². The number of anilines is 2. The van der Waals surface area contributed by atoms with Crippen LogP contribution in [0.2, 0.25) is 0 Å². The van der Waals surface area contributed by atoms with Crippen LogP contribution >= 0.6 is 0 Å². The molecule has 0 fully saturated rings. The zero-order chi connectivity index (χ0) is 24.0. The van der Waals surface area contributed by atoms with Crippen molar-refractivity contribution in [2.75, 3.05) is 10.6 Å². The first-order chi connectivity index (χ1) is 16.4. The number of rotatable bonds is 4. The molecule has 34 heavy (non-hydrogen) atoms. The minimum atomic E-state index is -0.674. The number of para-hydroxylation sites is 1. The van der Waals surface area contributed by atoms with E-state index in [0.717, 1.165) is 0 Å². The summed E-state index contributed by atoms with van der Waals surface area (Å²) in [6.45, 7) is 3.32. The number of aromatic nitrogens is 3. The Balaban J connectivity index is 1.54. The van der Waals surface area contributed by atoms with Crippen molar-refractivity contribution in [1.82, 2.24) is 19.9 Å². The molecule has 3 heterocycles. The van der Waals surface area contributed by atoms with Crippen LogP contribution in [-0.2, 0) is 4.79 Å². The maximum absolute atomic E-state index is 14.3. The predicted molar refractivity (Wildman–Crippen MR) is 126 cm³/mol. The third-order valence-corrected chi connectivity index (χ3v) is 5.97. The number of halogens is 1. The number of amidine groups is 1. The number of aliphatic imine (C=N–C) groups is 1. The van der Waals surface area contributed by atoms with Crippen molar-refractivity contribution >= 4 is 34.8 Å². The SMILES string of the molecule is CC1=C2C(=O)N(c3ccccc3)C(C(C)NC(=O)c3c(N)nn4cccnc34)=N[C@H]2CC=C1F. The average Bonchev–Trinajstić information content (AvgIpc) is 3.17. The highest BCUT2D eigenvalue weighted by Crippen LogP contribution is 2.34. The fourth-order valence-corrected chi connectivity index (χ4v) is 4.31. The van der Waals surface area contributed by atoms with E-state index in [-0.39, 0.29) is 29.3 Å². The number of nitrogens with two attached hydrogens (primary N) is 1. The van der Waals surface area contributed by atoms with E-state index in [0.29, 0.717) is 22.7 Å². The third kappa shape index (κ3) is 3.43. The Labute approximate surface area is 194 Å². The summed E-state index contributed by atoms with van der Waals surface area (Å²) < 4.78 is 15.7. The molecule has 2 atom stereocenters. The molecular formula is C24H22FN7O2. The van der Waals surface area contributed by atoms with Gasteiger partial charge in [0.15, 0.2) is 11.5 Å². The Kier molecular flexibility index (Phi) is 5.20. The Morgan fingerprint density at radius 2 is 2.03 bits per heavy atom. The van der Waals surface area contributed by atoms with Crippen LogP contribution in [0.3, 0.4) is 0 Å². The van der Waals surface area contributed by atoms with Crippen molar-refractivity contribution in [3.63, 3.8) is 0 Å². The normalized spacial score (nSPS) is 19.0. The zero-order valence-electron chi connectivity index (χ0n) is 18.6. The molecule has 2 aliphatic rings. The summed E-state index contributed by atoms with van der Waals surface area (Å²) in [5, 5.41) is 7.00. The maximum Gasteiger partial charge on any atom is 0.262 e. The number of hydrogen-bond acceptors (Lipinski definition) is 6. The number of nitrogens with zero attached hydrogens (tertiary/aromatic N) is 5. The topological polar surface area (TPSA) is 118 Å². The molecule has 5 rings (SSSR count). The third-order valence-electron chi connectivity index (χ3n) is 5.97. The Bertz CT molecular complexity index is 1410. The van der Waals surface area contributed by atoms with Gasteiger partial charge in [0, 0.05) is 18.0 Å². The number of carbonyl (C=O) groups excluding carboxylic acids is 2. The van der Waals surface area contributed by atoms with Gasteiger partial charge in [-0.15, -0.1) is 5.10 Å². The molecule has 0 saturated heterocycles. The fourth-order valence-electron chi connectivity index (χ4n) is 4.31. The molecule has 9 nitrogen and oxygen atoms in total. The van der Waals surface area contributed by atoms with Gasteiger partial charge in [0.2, 0.25) is 0 Å². The lowest BCUT2D eigenvalue weighted by molar-refractivity contribution is -0.114. The van der Waals surface area contributed by atoms with Crippen LogP contribution < -0.4 is 16.0 Å². The highest BCUT2D eigenvalue weighted by molar-refractivity contribution is 6.27. The quantitative estimate of drug-likeness (QED) is 0.622. The molecule has 0 saturated carbocycles. The monoisotopic (exact) mass is 459 g/mol. The molecule has 1 aliphatic carbocycles. The molecule has 1 aromatic carbocycles. The largest absolute Gasteiger partial charge is 0.381 e. The molecule has 0 bridgehead atoms. The van der Waals surface area contributed by atoms with E-state index in [4.69, 9.17) is 10.7 Å². The van der Waals surface area contributed by atoms with Gasteiger partial charge >= 0.3 is 0 Å². The van der Waals surface area contributed by atoms with E-state index in [1.54, 1.807) is 56.6 Å². The van der Waals surface area contributed by atoms with Crippen molar-refractivity contribution in [2.24, 2.45) is 4.99 Å². The number of benzene rings is 1. The van der Waals surface area contributed by atoms with Crippen LogP contribution in [0.1, 0.15) is 30.6 Å². The molecular weight excluding hydrogens is 437 g/mol. The van der Waals surface area contributed by atoms with Gasteiger partial charge in [0.05, 0.1) is 17.8 Å². The number of nitrogen functional groups attached to an aromatic ring is 1. The summed E-state index contributed by atoms with van der Waals surface area (Å²) in [6, 6.07) is 9.43. The number of amides is 2. The van der Waals surface area contributed by atoms with Gasteiger partial charge in [-0.25, -0.2) is 13.9 Å². The summed E-state index contributed by atoms with van der Waals surface area (Å²) in [7, 11) is 0. The van der Waals surface area contributed by atoms with Crippen LogP contribution in [0.4, 0.5) is 15.9 Å². The van der Waals surface area contributed by atoms with Crippen molar-refractivity contribution in [1.29, 1.82) is 0 Å². The van der Waals surface area contributed by atoms with E-state index in [1.807, 2.05) is 6.07 Å². The molecule has 0 spiro atoms. The average molecular weight is 459 g/mol. The van der Waals surface area contributed by atoms with Gasteiger partial charge in [0.25, 0.3) is 11.8 Å². The van der Waals surface area contributed by atoms with Crippen molar-refractivity contribution in [3.05, 3.63) is 77.4 Å². The number of fused-ring (bicyclic) bond motifs is 2. The second-order valence-electron chi connectivity index (χ2n) is 8.15. The van der Waals surface area contributed by atoms with E-state index in [1.165, 1.54) is 15.5 Å². The van der Waals surface area contributed by atoms with Crippen LogP contribution in [0.15, 0.2) is 76.8 Å². The summed E-state index contributed by atoms with van der Waals surface area (Å²) in [6.07, 6.45) is 4.89. The standard InChI is InChI=1S/C24H22FN7O2/c1-13-16(25)9-10-17-18(13)24(34)32(15-7-4-3-5-8-15)21(29-17)14(2)28-23(33)19-20(26)30-31-12-6-11-27-22(19)31/h3-9,11-12,14,17H,10H2,1-2H3,(H2,26,30)(H,28,33)/t14?,17-/m0/s1. The lowest BCUT2D eigenvalue weighted by atomic mass is 9.90. The van der Waals surface area contributed by atoms with Crippen LogP contribution in [-0.4, -0.2) is 44.3 Å². The highest BCUT2D eigenvalue weighted by atomic mass is 19.1. The molecule has 0 radical (unpaired) electrons. The smallest absolute Gasteiger partial charge is 0.262 e. The first-order valence-corrected chi connectivity index (χ1v) is 10.8. The summed E-state index contributed by atoms with van der Waals surface area (Å²) in [5.74, 6) is -0.874. The highest BCUT2D eigenvalue weighted by Gasteiger charge is 2.40. The van der Waals surface area contributed by atoms with Gasteiger partial charge in [-0.05, 0) is 50.1 Å². The molecule has 1 aliphatic heterocycles. The van der Waals surface area contributed by atoms with Gasteiger partial charge in [-0.1, -0.05) is 18.2 Å². The molecule has 172 valence electrons. The Hall–Kier alpha value is -4.34. The summed E-state index contributed by atoms with van der Waals surface area (Å²) in [4.78, 5) is 37.2. The van der Waals surface area contributed by atoms with Crippen LogP contribution in [0.25, 0.3) is 5.65 Å². The lowest BCUT2D eigenvalue weighted by Crippen LogP contribution is -2.54. The second kappa shape index (κ2) is 8.22. The molecule has 2 amide bonds. The van der Waals surface area contributed by atoms with Crippen LogP contribution in [0.5, 0.6) is 0 Å². The first-order valence-electron chi connectivity index (χ1n) is 10.8. The Morgan fingerprint density at radius 3 is 2.79 bits per heavy atom.